The summed E-state index contributed by atoms with van der Waals surface area (Å²) in [6.45, 7) is 1.05. The first-order valence-corrected chi connectivity index (χ1v) is 7.53. The van der Waals surface area contributed by atoms with E-state index < -0.39 is 17.5 Å². The molecule has 0 bridgehead atoms. The molecule has 0 aliphatic carbocycles. The Morgan fingerprint density at radius 3 is 2.86 bits per heavy atom. The van der Waals surface area contributed by atoms with Crippen molar-refractivity contribution >= 4 is 34.3 Å². The molecule has 21 heavy (non-hydrogen) atoms. The average Bonchev–Trinajstić information content (AvgIpc) is 3.04. The van der Waals surface area contributed by atoms with Crippen LogP contribution in [0.2, 0.25) is 0 Å². The zero-order valence-corrected chi connectivity index (χ0v) is 12.0. The van der Waals surface area contributed by atoms with Crippen molar-refractivity contribution in [1.82, 2.24) is 20.5 Å². The Bertz CT molecular complexity index is 567. The fourth-order valence-electron chi connectivity index (χ4n) is 2.60. The van der Waals surface area contributed by atoms with E-state index >= 15 is 0 Å². The van der Waals surface area contributed by atoms with Gasteiger partial charge in [0.05, 0.1) is 0 Å². The SMILES string of the molecule is O=C(CN1C(=O)NC2(CCNCC2)C1=O)Nc1nccs1. The van der Waals surface area contributed by atoms with Gasteiger partial charge in [0.1, 0.15) is 12.1 Å². The Morgan fingerprint density at radius 1 is 1.43 bits per heavy atom. The number of thiazole rings is 1. The van der Waals surface area contributed by atoms with Crippen molar-refractivity contribution in [3.8, 4) is 0 Å². The van der Waals surface area contributed by atoms with Crippen molar-refractivity contribution in [2.24, 2.45) is 0 Å². The quantitative estimate of drug-likeness (QED) is 0.668. The second-order valence-electron chi connectivity index (χ2n) is 5.04. The molecule has 3 heterocycles. The van der Waals surface area contributed by atoms with E-state index in [0.717, 1.165) is 4.90 Å². The first kappa shape index (κ1) is 14.0. The lowest BCUT2D eigenvalue weighted by atomic mass is 9.88. The van der Waals surface area contributed by atoms with E-state index in [4.69, 9.17) is 0 Å². The van der Waals surface area contributed by atoms with E-state index in [1.54, 1.807) is 11.6 Å². The molecule has 2 aliphatic rings. The highest BCUT2D eigenvalue weighted by atomic mass is 32.1. The van der Waals surface area contributed by atoms with Crippen LogP contribution in [0.5, 0.6) is 0 Å². The minimum Gasteiger partial charge on any atom is -0.323 e. The lowest BCUT2D eigenvalue weighted by Gasteiger charge is -2.30. The minimum atomic E-state index is -0.843. The second-order valence-corrected chi connectivity index (χ2v) is 5.93. The Balaban J connectivity index is 1.66. The molecule has 1 aromatic rings. The molecule has 8 nitrogen and oxygen atoms in total. The number of hydrogen-bond acceptors (Lipinski definition) is 6. The van der Waals surface area contributed by atoms with Gasteiger partial charge >= 0.3 is 6.03 Å². The van der Waals surface area contributed by atoms with E-state index in [1.807, 2.05) is 0 Å². The van der Waals surface area contributed by atoms with Gasteiger partial charge < -0.3 is 16.0 Å². The molecule has 3 rings (SSSR count). The molecular formula is C12H15N5O3S. The summed E-state index contributed by atoms with van der Waals surface area (Å²) in [5.74, 6) is -0.747. The molecule has 2 aliphatic heterocycles. The van der Waals surface area contributed by atoms with E-state index in [9.17, 15) is 14.4 Å². The maximum absolute atomic E-state index is 12.5. The van der Waals surface area contributed by atoms with Crippen molar-refractivity contribution in [2.45, 2.75) is 18.4 Å². The predicted octanol–water partition coefficient (Wildman–Crippen LogP) is -0.244. The summed E-state index contributed by atoms with van der Waals surface area (Å²) >= 11 is 1.28. The van der Waals surface area contributed by atoms with Crippen LogP contribution in [0.25, 0.3) is 0 Å². The van der Waals surface area contributed by atoms with Gasteiger partial charge in [-0.05, 0) is 25.9 Å². The summed E-state index contributed by atoms with van der Waals surface area (Å²) in [7, 11) is 0. The van der Waals surface area contributed by atoms with Gasteiger partial charge in [-0.2, -0.15) is 0 Å². The van der Waals surface area contributed by atoms with Crippen molar-refractivity contribution in [2.75, 3.05) is 25.0 Å². The minimum absolute atomic E-state index is 0.292. The third-order valence-corrected chi connectivity index (χ3v) is 4.37. The van der Waals surface area contributed by atoms with Crippen LogP contribution in [-0.4, -0.2) is 52.9 Å². The Kier molecular flexibility index (Phi) is 3.60. The largest absolute Gasteiger partial charge is 0.325 e. The topological polar surface area (TPSA) is 103 Å². The molecule has 3 N–H and O–H groups in total. The van der Waals surface area contributed by atoms with Crippen molar-refractivity contribution in [3.63, 3.8) is 0 Å². The number of piperidine rings is 1. The van der Waals surface area contributed by atoms with E-state index in [-0.39, 0.29) is 12.5 Å². The molecular weight excluding hydrogens is 294 g/mol. The lowest BCUT2D eigenvalue weighted by Crippen LogP contribution is -2.54. The second kappa shape index (κ2) is 5.41. The Morgan fingerprint density at radius 2 is 2.19 bits per heavy atom. The van der Waals surface area contributed by atoms with Crippen LogP contribution in [0.15, 0.2) is 11.6 Å². The number of anilines is 1. The van der Waals surface area contributed by atoms with Crippen molar-refractivity contribution < 1.29 is 14.4 Å². The normalized spacial score (nSPS) is 20.7. The summed E-state index contributed by atoms with van der Waals surface area (Å²) in [4.78, 5) is 41.2. The maximum Gasteiger partial charge on any atom is 0.325 e. The van der Waals surface area contributed by atoms with Crippen LogP contribution in [0, 0.1) is 0 Å². The number of amides is 4. The van der Waals surface area contributed by atoms with E-state index in [1.165, 1.54) is 11.3 Å². The Hall–Kier alpha value is -2.00. The van der Waals surface area contributed by atoms with Gasteiger partial charge in [0.15, 0.2) is 5.13 Å². The summed E-state index contributed by atoms with van der Waals surface area (Å²) in [5.41, 5.74) is -0.843. The van der Waals surface area contributed by atoms with Crippen LogP contribution >= 0.6 is 11.3 Å². The first-order chi connectivity index (χ1) is 10.1. The summed E-state index contributed by atoms with van der Waals surface area (Å²) in [6.07, 6.45) is 2.66. The number of rotatable bonds is 3. The van der Waals surface area contributed by atoms with Gasteiger partial charge in [0, 0.05) is 11.6 Å². The van der Waals surface area contributed by atoms with Gasteiger partial charge in [-0.25, -0.2) is 9.78 Å². The van der Waals surface area contributed by atoms with Gasteiger partial charge in [-0.15, -0.1) is 11.3 Å². The van der Waals surface area contributed by atoms with Crippen LogP contribution in [0.4, 0.5) is 9.93 Å². The van der Waals surface area contributed by atoms with Gasteiger partial charge in [0.2, 0.25) is 5.91 Å². The molecule has 0 radical (unpaired) electrons. The van der Waals surface area contributed by atoms with Crippen LogP contribution in [0.1, 0.15) is 12.8 Å². The zero-order valence-electron chi connectivity index (χ0n) is 11.2. The summed E-state index contributed by atoms with van der Waals surface area (Å²) in [6, 6.07) is -0.504. The number of nitrogens with one attached hydrogen (secondary N) is 3. The molecule has 1 aromatic heterocycles. The number of aromatic nitrogens is 1. The molecule has 4 amide bonds. The number of nitrogens with zero attached hydrogens (tertiary/aromatic N) is 2. The standard InChI is InChI=1S/C12H15N5O3S/c18-8(15-10-14-5-6-21-10)7-17-9(19)12(16-11(17)20)1-3-13-4-2-12/h5-6,13H,1-4,7H2,(H,16,20)(H,14,15,18). The molecule has 0 aromatic carbocycles. The molecule has 1 spiro atoms. The first-order valence-electron chi connectivity index (χ1n) is 6.65. The third kappa shape index (κ3) is 2.61. The summed E-state index contributed by atoms with van der Waals surface area (Å²) in [5, 5.41) is 10.6. The number of hydrogen-bond donors (Lipinski definition) is 3. The molecule has 2 saturated heterocycles. The third-order valence-electron chi connectivity index (χ3n) is 3.68. The molecule has 0 atom stereocenters. The lowest BCUT2D eigenvalue weighted by molar-refractivity contribution is -0.134. The molecule has 0 unspecified atom stereocenters. The highest BCUT2D eigenvalue weighted by Gasteiger charge is 2.51. The van der Waals surface area contributed by atoms with Crippen LogP contribution < -0.4 is 16.0 Å². The van der Waals surface area contributed by atoms with Gasteiger partial charge in [0.25, 0.3) is 5.91 Å². The fraction of sp³-hybridized carbons (Fsp3) is 0.500. The number of carbonyl (C=O) groups excluding carboxylic acids is 3. The zero-order chi connectivity index (χ0) is 14.9. The summed E-state index contributed by atoms with van der Waals surface area (Å²) < 4.78 is 0. The maximum atomic E-state index is 12.5. The number of imide groups is 1. The Labute approximate surface area is 124 Å². The van der Waals surface area contributed by atoms with E-state index in [0.29, 0.717) is 31.1 Å². The fourth-order valence-corrected chi connectivity index (χ4v) is 3.14. The average molecular weight is 309 g/mol. The van der Waals surface area contributed by atoms with E-state index in [2.05, 4.69) is 20.9 Å². The predicted molar refractivity (Wildman–Crippen MR) is 75.8 cm³/mol. The van der Waals surface area contributed by atoms with Crippen LogP contribution in [0.3, 0.4) is 0 Å². The number of urea groups is 1. The highest BCUT2D eigenvalue weighted by molar-refractivity contribution is 7.13. The molecule has 0 saturated carbocycles. The molecule has 9 heteroatoms. The van der Waals surface area contributed by atoms with Gasteiger partial charge in [-0.3, -0.25) is 14.5 Å². The molecule has 2 fully saturated rings. The van der Waals surface area contributed by atoms with Crippen molar-refractivity contribution in [3.05, 3.63) is 11.6 Å². The smallest absolute Gasteiger partial charge is 0.323 e. The van der Waals surface area contributed by atoms with Crippen molar-refractivity contribution in [1.29, 1.82) is 0 Å². The monoisotopic (exact) mass is 309 g/mol. The molecule has 112 valence electrons. The van der Waals surface area contributed by atoms with Crippen LogP contribution in [-0.2, 0) is 9.59 Å². The number of carbonyl (C=O) groups is 3. The van der Waals surface area contributed by atoms with Gasteiger partial charge in [-0.1, -0.05) is 0 Å². The highest BCUT2D eigenvalue weighted by Crippen LogP contribution is 2.26.